The topological polar surface area (TPSA) is 43.2 Å². The van der Waals surface area contributed by atoms with Crippen molar-refractivity contribution in [2.24, 2.45) is 0 Å². The molecule has 2 aromatic rings. The van der Waals surface area contributed by atoms with Crippen LogP contribution in [0, 0.1) is 0 Å². The minimum atomic E-state index is 0.518. The molecule has 2 aromatic heterocycles. The van der Waals surface area contributed by atoms with E-state index < -0.39 is 0 Å². The van der Waals surface area contributed by atoms with Gasteiger partial charge >= 0.3 is 0 Å². The molecule has 0 spiro atoms. The van der Waals surface area contributed by atoms with Gasteiger partial charge < -0.3 is 14.2 Å². The Morgan fingerprint density at radius 2 is 2.36 bits per heavy atom. The maximum absolute atomic E-state index is 5.49. The lowest BCUT2D eigenvalue weighted by Crippen LogP contribution is -2.37. The lowest BCUT2D eigenvalue weighted by molar-refractivity contribution is 0.0996. The van der Waals surface area contributed by atoms with Gasteiger partial charge in [0.25, 0.3) is 0 Å². The molecule has 0 N–H and O–H groups in total. The Hall–Kier alpha value is -1.24. The van der Waals surface area contributed by atoms with Gasteiger partial charge in [0.05, 0.1) is 24.4 Å². The lowest BCUT2D eigenvalue weighted by Gasteiger charge is -2.32. The Kier molecular flexibility index (Phi) is 5.58. The van der Waals surface area contributed by atoms with Crippen LogP contribution >= 0.6 is 11.3 Å². The summed E-state index contributed by atoms with van der Waals surface area (Å²) in [5.41, 5.74) is 3.01. The van der Waals surface area contributed by atoms with Gasteiger partial charge in [0.1, 0.15) is 5.82 Å². The van der Waals surface area contributed by atoms with Gasteiger partial charge in [-0.2, -0.15) is 0 Å². The van der Waals surface area contributed by atoms with Crippen molar-refractivity contribution in [3.05, 3.63) is 34.8 Å². The van der Waals surface area contributed by atoms with E-state index in [1.807, 2.05) is 18.6 Å². The smallest absolute Gasteiger partial charge is 0.113 e. The number of rotatable bonds is 7. The van der Waals surface area contributed by atoms with Crippen molar-refractivity contribution < 1.29 is 4.74 Å². The normalized spacial score (nSPS) is 19.6. The van der Waals surface area contributed by atoms with Crippen molar-refractivity contribution in [1.82, 2.24) is 19.4 Å². The zero-order valence-electron chi connectivity index (χ0n) is 13.1. The molecule has 1 fully saturated rings. The number of thiazole rings is 1. The highest BCUT2D eigenvalue weighted by atomic mass is 32.1. The molecule has 3 rings (SSSR count). The number of aromatic nitrogens is 3. The first kappa shape index (κ1) is 15.6. The molecule has 1 aliphatic heterocycles. The number of hydrogen-bond acceptors (Lipinski definition) is 5. The van der Waals surface area contributed by atoms with Crippen LogP contribution in [-0.2, 0) is 11.3 Å². The van der Waals surface area contributed by atoms with Crippen LogP contribution in [-0.4, -0.2) is 52.3 Å². The summed E-state index contributed by atoms with van der Waals surface area (Å²) in [7, 11) is 0. The summed E-state index contributed by atoms with van der Waals surface area (Å²) in [6.07, 6.45) is 6.45. The van der Waals surface area contributed by atoms with Crippen LogP contribution in [0.4, 0.5) is 0 Å². The van der Waals surface area contributed by atoms with Crippen molar-refractivity contribution in [1.29, 1.82) is 0 Å². The van der Waals surface area contributed by atoms with E-state index in [9.17, 15) is 0 Å². The van der Waals surface area contributed by atoms with Gasteiger partial charge in [-0.05, 0) is 26.3 Å². The molecule has 1 saturated heterocycles. The van der Waals surface area contributed by atoms with Crippen LogP contribution in [0.1, 0.15) is 37.2 Å². The third kappa shape index (κ3) is 3.94. The summed E-state index contributed by atoms with van der Waals surface area (Å²) in [5, 5.41) is 2.11. The molecule has 0 bridgehead atoms. The largest absolute Gasteiger partial charge is 0.380 e. The van der Waals surface area contributed by atoms with Gasteiger partial charge in [0.2, 0.25) is 0 Å². The Morgan fingerprint density at radius 3 is 3.18 bits per heavy atom. The predicted molar refractivity (Wildman–Crippen MR) is 88.4 cm³/mol. The van der Waals surface area contributed by atoms with E-state index in [2.05, 4.69) is 31.0 Å². The SMILES string of the molecule is CCOCCN1CCC[C@H](c2nccn2Cc2cscn2)C1. The highest BCUT2D eigenvalue weighted by Gasteiger charge is 2.24. The second kappa shape index (κ2) is 7.85. The second-order valence-electron chi connectivity index (χ2n) is 5.73. The third-order valence-electron chi connectivity index (χ3n) is 4.19. The van der Waals surface area contributed by atoms with Crippen LogP contribution in [0.3, 0.4) is 0 Å². The highest BCUT2D eigenvalue weighted by Crippen LogP contribution is 2.26. The molecule has 0 saturated carbocycles. The highest BCUT2D eigenvalue weighted by molar-refractivity contribution is 7.07. The zero-order chi connectivity index (χ0) is 15.2. The number of nitrogens with zero attached hydrogens (tertiary/aromatic N) is 4. The van der Waals surface area contributed by atoms with Crippen LogP contribution in [0.2, 0.25) is 0 Å². The summed E-state index contributed by atoms with van der Waals surface area (Å²) < 4.78 is 7.74. The van der Waals surface area contributed by atoms with Crippen LogP contribution in [0.15, 0.2) is 23.3 Å². The van der Waals surface area contributed by atoms with Crippen molar-refractivity contribution in [3.63, 3.8) is 0 Å². The molecule has 5 nitrogen and oxygen atoms in total. The Morgan fingerprint density at radius 1 is 1.41 bits per heavy atom. The van der Waals surface area contributed by atoms with E-state index in [-0.39, 0.29) is 0 Å². The van der Waals surface area contributed by atoms with E-state index in [0.29, 0.717) is 5.92 Å². The Balaban J connectivity index is 1.62. The average Bonchev–Trinajstić information content (AvgIpc) is 3.20. The molecule has 0 aliphatic carbocycles. The number of hydrogen-bond donors (Lipinski definition) is 0. The van der Waals surface area contributed by atoms with Gasteiger partial charge in [-0.15, -0.1) is 11.3 Å². The third-order valence-corrected chi connectivity index (χ3v) is 4.83. The molecule has 0 radical (unpaired) electrons. The van der Waals surface area contributed by atoms with Crippen LogP contribution < -0.4 is 0 Å². The van der Waals surface area contributed by atoms with Crippen molar-refractivity contribution in [3.8, 4) is 0 Å². The molecule has 22 heavy (non-hydrogen) atoms. The Bertz CT molecular complexity index is 554. The van der Waals surface area contributed by atoms with Crippen LogP contribution in [0.25, 0.3) is 0 Å². The van der Waals surface area contributed by atoms with Crippen molar-refractivity contribution >= 4 is 11.3 Å². The van der Waals surface area contributed by atoms with Gasteiger partial charge in [0.15, 0.2) is 0 Å². The minimum Gasteiger partial charge on any atom is -0.380 e. The van der Waals surface area contributed by atoms with Gasteiger partial charge in [0, 0.05) is 43.4 Å². The molecule has 0 aromatic carbocycles. The van der Waals surface area contributed by atoms with E-state index in [1.165, 1.54) is 25.2 Å². The van der Waals surface area contributed by atoms with Gasteiger partial charge in [-0.3, -0.25) is 0 Å². The summed E-state index contributed by atoms with van der Waals surface area (Å²) >= 11 is 1.65. The molecule has 0 amide bonds. The first-order chi connectivity index (χ1) is 10.9. The molecule has 1 atom stereocenters. The van der Waals surface area contributed by atoms with E-state index in [1.54, 1.807) is 11.3 Å². The zero-order valence-corrected chi connectivity index (χ0v) is 14.0. The van der Waals surface area contributed by atoms with Gasteiger partial charge in [-0.25, -0.2) is 9.97 Å². The first-order valence-corrected chi connectivity index (χ1v) is 8.99. The van der Waals surface area contributed by atoms with E-state index in [4.69, 9.17) is 4.74 Å². The number of imidazole rings is 1. The Labute approximate surface area is 136 Å². The van der Waals surface area contributed by atoms with Crippen molar-refractivity contribution in [2.45, 2.75) is 32.2 Å². The minimum absolute atomic E-state index is 0.518. The fraction of sp³-hybridized carbons (Fsp3) is 0.625. The average molecular weight is 320 g/mol. The summed E-state index contributed by atoms with van der Waals surface area (Å²) in [6, 6.07) is 0. The maximum Gasteiger partial charge on any atom is 0.113 e. The monoisotopic (exact) mass is 320 g/mol. The standard InChI is InChI=1S/C16H24N4OS/c1-2-21-9-8-19-6-3-4-14(10-19)16-17-5-7-20(16)11-15-12-22-13-18-15/h5,7,12-14H,2-4,6,8-11H2,1H3/t14-/m0/s1. The summed E-state index contributed by atoms with van der Waals surface area (Å²) in [5.74, 6) is 1.72. The molecule has 0 unspecified atom stereocenters. The summed E-state index contributed by atoms with van der Waals surface area (Å²) in [4.78, 5) is 11.5. The first-order valence-electron chi connectivity index (χ1n) is 8.05. The fourth-order valence-electron chi connectivity index (χ4n) is 3.11. The number of piperidine rings is 1. The quantitative estimate of drug-likeness (QED) is 0.736. The maximum atomic E-state index is 5.49. The van der Waals surface area contributed by atoms with E-state index in [0.717, 1.165) is 38.5 Å². The predicted octanol–water partition coefficient (Wildman–Crippen LogP) is 2.60. The molecule has 3 heterocycles. The number of likely N-dealkylation sites (tertiary alicyclic amines) is 1. The second-order valence-corrected chi connectivity index (χ2v) is 6.45. The van der Waals surface area contributed by atoms with Gasteiger partial charge in [-0.1, -0.05) is 0 Å². The molecular formula is C16H24N4OS. The fourth-order valence-corrected chi connectivity index (χ4v) is 3.66. The molecule has 1 aliphatic rings. The van der Waals surface area contributed by atoms with Crippen LogP contribution in [0.5, 0.6) is 0 Å². The molecule has 120 valence electrons. The van der Waals surface area contributed by atoms with Crippen molar-refractivity contribution in [2.75, 3.05) is 32.8 Å². The van der Waals surface area contributed by atoms with E-state index >= 15 is 0 Å². The summed E-state index contributed by atoms with van der Waals surface area (Å²) in [6.45, 7) is 7.79. The number of ether oxygens (including phenoxy) is 1. The molecular weight excluding hydrogens is 296 g/mol. The lowest BCUT2D eigenvalue weighted by atomic mass is 9.97. The molecule has 6 heteroatoms.